The minimum absolute atomic E-state index is 0.00223. The number of carbonyl (C=O) groups excluding carboxylic acids is 2. The van der Waals surface area contributed by atoms with Crippen molar-refractivity contribution in [1.29, 1.82) is 0 Å². The SMILES string of the molecule is CC(C)NC(=O)[C@@H](C)N(Cc1ccc(Cl)c(Cl)c1)C(=O)CN(c1ccc(Cl)cc1)S(=O)(=O)c1ccccc1. The number of hydrogen-bond acceptors (Lipinski definition) is 4. The Morgan fingerprint density at radius 3 is 2.08 bits per heavy atom. The van der Waals surface area contributed by atoms with Crippen molar-refractivity contribution in [2.24, 2.45) is 0 Å². The number of rotatable bonds is 10. The van der Waals surface area contributed by atoms with Crippen molar-refractivity contribution in [3.05, 3.63) is 93.4 Å². The molecule has 0 aliphatic heterocycles. The molecule has 0 aromatic heterocycles. The molecule has 3 aromatic carbocycles. The molecule has 0 radical (unpaired) electrons. The fraction of sp³-hybridized carbons (Fsp3) is 0.259. The number of anilines is 1. The van der Waals surface area contributed by atoms with Gasteiger partial charge in [0.2, 0.25) is 11.8 Å². The van der Waals surface area contributed by atoms with Crippen LogP contribution in [0.1, 0.15) is 26.3 Å². The highest BCUT2D eigenvalue weighted by molar-refractivity contribution is 7.92. The molecule has 202 valence electrons. The summed E-state index contributed by atoms with van der Waals surface area (Å²) in [5.41, 5.74) is 0.876. The lowest BCUT2D eigenvalue weighted by molar-refractivity contribution is -0.139. The first-order chi connectivity index (χ1) is 17.9. The van der Waals surface area contributed by atoms with Crippen LogP contribution in [0.4, 0.5) is 5.69 Å². The number of hydrogen-bond donors (Lipinski definition) is 1. The van der Waals surface area contributed by atoms with Crippen molar-refractivity contribution in [2.45, 2.75) is 44.3 Å². The minimum atomic E-state index is -4.14. The number of nitrogens with zero attached hydrogens (tertiary/aromatic N) is 2. The maximum atomic E-state index is 13.8. The normalized spacial score (nSPS) is 12.2. The van der Waals surface area contributed by atoms with E-state index in [1.165, 1.54) is 29.2 Å². The third-order valence-electron chi connectivity index (χ3n) is 5.66. The van der Waals surface area contributed by atoms with Gasteiger partial charge in [0, 0.05) is 17.6 Å². The smallest absolute Gasteiger partial charge is 0.264 e. The first-order valence-electron chi connectivity index (χ1n) is 11.8. The summed E-state index contributed by atoms with van der Waals surface area (Å²) in [4.78, 5) is 28.1. The fourth-order valence-electron chi connectivity index (χ4n) is 3.68. The number of halogens is 3. The third kappa shape index (κ3) is 7.41. The van der Waals surface area contributed by atoms with Gasteiger partial charge in [-0.05, 0) is 74.9 Å². The summed E-state index contributed by atoms with van der Waals surface area (Å²) in [7, 11) is -4.14. The first kappa shape index (κ1) is 29.8. The van der Waals surface area contributed by atoms with E-state index in [-0.39, 0.29) is 29.1 Å². The summed E-state index contributed by atoms with van der Waals surface area (Å²) >= 11 is 18.3. The molecular formula is C27H28Cl3N3O4S. The van der Waals surface area contributed by atoms with Gasteiger partial charge in [-0.15, -0.1) is 0 Å². The van der Waals surface area contributed by atoms with Crippen molar-refractivity contribution < 1.29 is 18.0 Å². The van der Waals surface area contributed by atoms with E-state index in [1.54, 1.807) is 55.5 Å². The average molecular weight is 597 g/mol. The number of carbonyl (C=O) groups is 2. The topological polar surface area (TPSA) is 86.8 Å². The summed E-state index contributed by atoms with van der Waals surface area (Å²) < 4.78 is 28.4. The van der Waals surface area contributed by atoms with E-state index in [9.17, 15) is 18.0 Å². The number of amides is 2. The Labute approximate surface area is 238 Å². The molecule has 1 N–H and O–H groups in total. The largest absolute Gasteiger partial charge is 0.352 e. The van der Waals surface area contributed by atoms with E-state index >= 15 is 0 Å². The van der Waals surface area contributed by atoms with E-state index in [2.05, 4.69) is 5.32 Å². The Kier molecular flexibility index (Phi) is 10.1. The van der Waals surface area contributed by atoms with Gasteiger partial charge in [0.15, 0.2) is 0 Å². The molecule has 38 heavy (non-hydrogen) atoms. The quantitative estimate of drug-likeness (QED) is 0.321. The molecule has 0 bridgehead atoms. The van der Waals surface area contributed by atoms with Crippen molar-refractivity contribution >= 4 is 62.3 Å². The third-order valence-corrected chi connectivity index (χ3v) is 8.44. The predicted molar refractivity (Wildman–Crippen MR) is 152 cm³/mol. The van der Waals surface area contributed by atoms with Gasteiger partial charge in [-0.1, -0.05) is 59.1 Å². The van der Waals surface area contributed by atoms with Crippen molar-refractivity contribution in [2.75, 3.05) is 10.8 Å². The van der Waals surface area contributed by atoms with Crippen molar-refractivity contribution in [1.82, 2.24) is 10.2 Å². The molecule has 2 amide bonds. The highest BCUT2D eigenvalue weighted by atomic mass is 35.5. The van der Waals surface area contributed by atoms with Crippen LogP contribution in [0.25, 0.3) is 0 Å². The minimum Gasteiger partial charge on any atom is -0.352 e. The predicted octanol–water partition coefficient (Wildman–Crippen LogP) is 5.78. The van der Waals surface area contributed by atoms with Crippen LogP contribution in [0, 0.1) is 0 Å². The van der Waals surface area contributed by atoms with Gasteiger partial charge in [0.25, 0.3) is 10.0 Å². The van der Waals surface area contributed by atoms with Gasteiger partial charge >= 0.3 is 0 Å². The van der Waals surface area contributed by atoms with E-state index in [0.717, 1.165) is 4.31 Å². The lowest BCUT2D eigenvalue weighted by Gasteiger charge is -2.32. The summed E-state index contributed by atoms with van der Waals surface area (Å²) in [5, 5.41) is 3.86. The molecular weight excluding hydrogens is 569 g/mol. The molecule has 0 spiro atoms. The summed E-state index contributed by atoms with van der Waals surface area (Å²) in [6.45, 7) is 4.65. The lowest BCUT2D eigenvalue weighted by atomic mass is 10.1. The zero-order valence-corrected chi connectivity index (χ0v) is 24.2. The second-order valence-electron chi connectivity index (χ2n) is 8.91. The Morgan fingerprint density at radius 1 is 0.868 bits per heavy atom. The molecule has 1 atom stereocenters. The van der Waals surface area contributed by atoms with Crippen LogP contribution in [0.3, 0.4) is 0 Å². The standard InChI is InChI=1S/C27H28Cl3N3O4S/c1-18(2)31-27(35)19(3)32(16-20-9-14-24(29)25(30)15-20)26(34)17-33(22-12-10-21(28)11-13-22)38(36,37)23-7-5-4-6-8-23/h4-15,18-19H,16-17H2,1-3H3,(H,31,35)/t19-/m1/s1. The van der Waals surface area contributed by atoms with Crippen LogP contribution in [0.5, 0.6) is 0 Å². The second kappa shape index (κ2) is 12.8. The van der Waals surface area contributed by atoms with Gasteiger partial charge in [0.05, 0.1) is 20.6 Å². The fourth-order valence-corrected chi connectivity index (χ4v) is 5.56. The van der Waals surface area contributed by atoms with Crippen LogP contribution >= 0.6 is 34.8 Å². The highest BCUT2D eigenvalue weighted by Crippen LogP contribution is 2.27. The molecule has 0 unspecified atom stereocenters. The Hall–Kier alpha value is -2.78. The number of benzene rings is 3. The van der Waals surface area contributed by atoms with E-state index in [1.807, 2.05) is 13.8 Å². The molecule has 0 fully saturated rings. The van der Waals surface area contributed by atoms with Crippen LogP contribution < -0.4 is 9.62 Å². The maximum absolute atomic E-state index is 13.8. The Balaban J connectivity index is 2.02. The molecule has 3 aromatic rings. The van der Waals surface area contributed by atoms with Gasteiger partial charge < -0.3 is 10.2 Å². The first-order valence-corrected chi connectivity index (χ1v) is 14.3. The molecule has 0 saturated carbocycles. The van der Waals surface area contributed by atoms with Crippen LogP contribution in [0.2, 0.25) is 15.1 Å². The lowest BCUT2D eigenvalue weighted by Crippen LogP contribution is -2.52. The summed E-state index contributed by atoms with van der Waals surface area (Å²) in [6.07, 6.45) is 0. The van der Waals surface area contributed by atoms with E-state index in [4.69, 9.17) is 34.8 Å². The zero-order valence-electron chi connectivity index (χ0n) is 21.1. The monoisotopic (exact) mass is 595 g/mol. The summed E-state index contributed by atoms with van der Waals surface area (Å²) in [6, 6.07) is 17.8. The summed E-state index contributed by atoms with van der Waals surface area (Å²) in [5.74, 6) is -0.964. The number of sulfonamides is 1. The van der Waals surface area contributed by atoms with Crippen molar-refractivity contribution in [3.63, 3.8) is 0 Å². The van der Waals surface area contributed by atoms with Gasteiger partial charge in [0.1, 0.15) is 12.6 Å². The Morgan fingerprint density at radius 2 is 1.50 bits per heavy atom. The molecule has 0 aliphatic carbocycles. The van der Waals surface area contributed by atoms with E-state index in [0.29, 0.717) is 20.6 Å². The van der Waals surface area contributed by atoms with Crippen molar-refractivity contribution in [3.8, 4) is 0 Å². The second-order valence-corrected chi connectivity index (χ2v) is 12.0. The number of nitrogens with one attached hydrogen (secondary N) is 1. The molecule has 0 heterocycles. The van der Waals surface area contributed by atoms with Crippen LogP contribution in [-0.2, 0) is 26.2 Å². The van der Waals surface area contributed by atoms with Crippen LogP contribution in [-0.4, -0.2) is 43.8 Å². The van der Waals surface area contributed by atoms with E-state index < -0.39 is 28.5 Å². The molecule has 11 heteroatoms. The maximum Gasteiger partial charge on any atom is 0.264 e. The average Bonchev–Trinajstić information content (AvgIpc) is 2.88. The van der Waals surface area contributed by atoms with Gasteiger partial charge in [-0.3, -0.25) is 13.9 Å². The van der Waals surface area contributed by atoms with Gasteiger partial charge in [-0.25, -0.2) is 8.42 Å². The molecule has 3 rings (SSSR count). The van der Waals surface area contributed by atoms with Crippen LogP contribution in [0.15, 0.2) is 77.7 Å². The molecule has 7 nitrogen and oxygen atoms in total. The molecule has 0 aliphatic rings. The zero-order chi connectivity index (χ0) is 28.0. The Bertz CT molecular complexity index is 1380. The van der Waals surface area contributed by atoms with Gasteiger partial charge in [-0.2, -0.15) is 0 Å². The highest BCUT2D eigenvalue weighted by Gasteiger charge is 2.32. The molecule has 0 saturated heterocycles.